The van der Waals surface area contributed by atoms with Crippen LogP contribution in [0.3, 0.4) is 0 Å². The number of fused-ring (bicyclic) bond motifs is 2. The van der Waals surface area contributed by atoms with E-state index in [0.717, 1.165) is 33.2 Å². The molecule has 0 fully saturated rings. The Bertz CT molecular complexity index is 1070. The van der Waals surface area contributed by atoms with Crippen molar-refractivity contribution in [3.8, 4) is 0 Å². The van der Waals surface area contributed by atoms with Gasteiger partial charge in [0.25, 0.3) is 5.91 Å². The zero-order valence-electron chi connectivity index (χ0n) is 13.2. The lowest BCUT2D eigenvalue weighted by molar-refractivity contribution is 0.102. The van der Waals surface area contributed by atoms with E-state index < -0.39 is 0 Å². The van der Waals surface area contributed by atoms with Crippen LogP contribution in [-0.4, -0.2) is 15.9 Å². The second kappa shape index (κ2) is 5.74. The van der Waals surface area contributed by atoms with E-state index in [9.17, 15) is 4.79 Å². The smallest absolute Gasteiger partial charge is 0.274 e. The van der Waals surface area contributed by atoms with Gasteiger partial charge in [-0.2, -0.15) is 0 Å². The first-order valence-corrected chi connectivity index (χ1v) is 7.74. The highest BCUT2D eigenvalue weighted by atomic mass is 16.1. The largest absolute Gasteiger partial charge is 0.320 e. The Morgan fingerprint density at radius 2 is 1.67 bits per heavy atom. The highest BCUT2D eigenvalue weighted by Gasteiger charge is 2.11. The molecule has 4 aromatic rings. The van der Waals surface area contributed by atoms with E-state index in [4.69, 9.17) is 0 Å². The first-order chi connectivity index (χ1) is 11.7. The molecule has 0 spiro atoms. The second-order valence-electron chi connectivity index (χ2n) is 5.67. The highest BCUT2D eigenvalue weighted by Crippen LogP contribution is 2.23. The topological polar surface area (TPSA) is 54.9 Å². The molecule has 0 unspecified atom stereocenters. The number of hydrogen-bond acceptors (Lipinski definition) is 3. The average molecular weight is 313 g/mol. The molecule has 0 aliphatic rings. The monoisotopic (exact) mass is 313 g/mol. The van der Waals surface area contributed by atoms with Gasteiger partial charge in [-0.15, -0.1) is 0 Å². The maximum Gasteiger partial charge on any atom is 0.274 e. The Hall–Kier alpha value is -3.27. The van der Waals surface area contributed by atoms with Gasteiger partial charge in [0.1, 0.15) is 5.69 Å². The molecule has 4 nitrogen and oxygen atoms in total. The Morgan fingerprint density at radius 1 is 0.833 bits per heavy atom. The Balaban J connectivity index is 1.70. The van der Waals surface area contributed by atoms with Crippen LogP contribution in [0.25, 0.3) is 21.8 Å². The van der Waals surface area contributed by atoms with Crippen molar-refractivity contribution in [3.63, 3.8) is 0 Å². The molecule has 0 radical (unpaired) electrons. The molecule has 4 rings (SSSR count). The first-order valence-electron chi connectivity index (χ1n) is 7.74. The van der Waals surface area contributed by atoms with Gasteiger partial charge in [0.2, 0.25) is 0 Å². The minimum Gasteiger partial charge on any atom is -0.320 e. The van der Waals surface area contributed by atoms with Crippen molar-refractivity contribution >= 4 is 33.4 Å². The molecule has 0 saturated carbocycles. The number of benzene rings is 2. The van der Waals surface area contributed by atoms with Crippen LogP contribution in [0.4, 0.5) is 5.69 Å². The summed E-state index contributed by atoms with van der Waals surface area (Å²) in [4.78, 5) is 21.5. The number of nitrogens with one attached hydrogen (secondary N) is 1. The fourth-order valence-corrected chi connectivity index (χ4v) is 2.74. The first kappa shape index (κ1) is 14.3. The SMILES string of the molecule is Cc1ccc2c(NC(=O)c3ccc4ccccc4n3)cccc2n1. The minimum absolute atomic E-state index is 0.228. The van der Waals surface area contributed by atoms with Crippen LogP contribution in [0.15, 0.2) is 66.7 Å². The number of para-hydroxylation sites is 1. The minimum atomic E-state index is -0.228. The van der Waals surface area contributed by atoms with Crippen LogP contribution < -0.4 is 5.32 Å². The molecular weight excluding hydrogens is 298 g/mol. The van der Waals surface area contributed by atoms with E-state index in [2.05, 4.69) is 15.3 Å². The van der Waals surface area contributed by atoms with E-state index in [0.29, 0.717) is 5.69 Å². The van der Waals surface area contributed by atoms with Gasteiger partial charge >= 0.3 is 0 Å². The Morgan fingerprint density at radius 3 is 2.58 bits per heavy atom. The quantitative estimate of drug-likeness (QED) is 0.599. The third kappa shape index (κ3) is 2.58. The van der Waals surface area contributed by atoms with E-state index in [-0.39, 0.29) is 5.91 Å². The zero-order valence-corrected chi connectivity index (χ0v) is 13.2. The number of aryl methyl sites for hydroxylation is 1. The lowest BCUT2D eigenvalue weighted by Crippen LogP contribution is -2.14. The van der Waals surface area contributed by atoms with Gasteiger partial charge in [-0.25, -0.2) is 4.98 Å². The lowest BCUT2D eigenvalue weighted by atomic mass is 10.1. The van der Waals surface area contributed by atoms with Crippen molar-refractivity contribution in [1.82, 2.24) is 9.97 Å². The number of rotatable bonds is 2. The summed E-state index contributed by atoms with van der Waals surface area (Å²) in [6.45, 7) is 1.95. The van der Waals surface area contributed by atoms with Gasteiger partial charge < -0.3 is 5.32 Å². The van der Waals surface area contributed by atoms with Crippen LogP contribution >= 0.6 is 0 Å². The van der Waals surface area contributed by atoms with Crippen LogP contribution in [-0.2, 0) is 0 Å². The number of aromatic nitrogens is 2. The van der Waals surface area contributed by atoms with Crippen molar-refractivity contribution in [1.29, 1.82) is 0 Å². The van der Waals surface area contributed by atoms with E-state index in [1.165, 1.54) is 0 Å². The normalized spacial score (nSPS) is 10.9. The molecule has 0 aliphatic heterocycles. The molecule has 0 atom stereocenters. The number of carbonyl (C=O) groups is 1. The van der Waals surface area contributed by atoms with Crippen LogP contribution in [0, 0.1) is 6.92 Å². The number of anilines is 1. The number of carbonyl (C=O) groups excluding carboxylic acids is 1. The fraction of sp³-hybridized carbons (Fsp3) is 0.0500. The van der Waals surface area contributed by atoms with Gasteiger partial charge in [-0.1, -0.05) is 30.3 Å². The Labute approximate surface area is 139 Å². The molecule has 2 aromatic carbocycles. The lowest BCUT2D eigenvalue weighted by Gasteiger charge is -2.09. The number of nitrogens with zero attached hydrogens (tertiary/aromatic N) is 2. The van der Waals surface area contributed by atoms with Crippen molar-refractivity contribution in [2.75, 3.05) is 5.32 Å². The molecule has 4 heteroatoms. The highest BCUT2D eigenvalue weighted by molar-refractivity contribution is 6.08. The average Bonchev–Trinajstić information content (AvgIpc) is 2.61. The van der Waals surface area contributed by atoms with E-state index >= 15 is 0 Å². The van der Waals surface area contributed by atoms with Crippen molar-refractivity contribution in [3.05, 3.63) is 78.1 Å². The predicted octanol–water partition coefficient (Wildman–Crippen LogP) is 4.34. The summed E-state index contributed by atoms with van der Waals surface area (Å²) in [5, 5.41) is 4.87. The number of amides is 1. The molecule has 24 heavy (non-hydrogen) atoms. The third-order valence-electron chi connectivity index (χ3n) is 3.95. The summed E-state index contributed by atoms with van der Waals surface area (Å²) in [5.41, 5.74) is 3.74. The van der Waals surface area contributed by atoms with Crippen LogP contribution in [0.5, 0.6) is 0 Å². The summed E-state index contributed by atoms with van der Waals surface area (Å²) in [5.74, 6) is -0.228. The predicted molar refractivity (Wildman–Crippen MR) is 96.2 cm³/mol. The molecule has 116 valence electrons. The summed E-state index contributed by atoms with van der Waals surface area (Å²) in [6.07, 6.45) is 0. The van der Waals surface area contributed by atoms with Crippen molar-refractivity contribution < 1.29 is 4.79 Å². The molecule has 1 N–H and O–H groups in total. The van der Waals surface area contributed by atoms with Gasteiger partial charge in [0, 0.05) is 16.5 Å². The van der Waals surface area contributed by atoms with Gasteiger partial charge in [0.15, 0.2) is 0 Å². The van der Waals surface area contributed by atoms with Crippen molar-refractivity contribution in [2.24, 2.45) is 0 Å². The van der Waals surface area contributed by atoms with Gasteiger partial charge in [-0.05, 0) is 43.3 Å². The van der Waals surface area contributed by atoms with Gasteiger partial charge in [-0.3, -0.25) is 9.78 Å². The summed E-state index contributed by atoms with van der Waals surface area (Å²) >= 11 is 0. The molecule has 0 saturated heterocycles. The summed E-state index contributed by atoms with van der Waals surface area (Å²) in [7, 11) is 0. The van der Waals surface area contributed by atoms with Crippen LogP contribution in [0.1, 0.15) is 16.2 Å². The maximum atomic E-state index is 12.6. The molecule has 2 heterocycles. The third-order valence-corrected chi connectivity index (χ3v) is 3.95. The molecule has 0 aliphatic carbocycles. The summed E-state index contributed by atoms with van der Waals surface area (Å²) in [6, 6.07) is 21.0. The fourth-order valence-electron chi connectivity index (χ4n) is 2.74. The maximum absolute atomic E-state index is 12.6. The molecule has 0 bridgehead atoms. The number of hydrogen-bond donors (Lipinski definition) is 1. The zero-order chi connectivity index (χ0) is 16.5. The standard InChI is InChI=1S/C20H15N3O/c1-13-9-11-15-17(21-13)7-4-8-18(15)23-20(24)19-12-10-14-5-2-3-6-16(14)22-19/h2-12H,1H3,(H,23,24). The second-order valence-corrected chi connectivity index (χ2v) is 5.67. The molecule has 1 amide bonds. The van der Waals surface area contributed by atoms with E-state index in [1.54, 1.807) is 6.07 Å². The number of pyridine rings is 2. The van der Waals surface area contributed by atoms with E-state index in [1.807, 2.05) is 67.6 Å². The van der Waals surface area contributed by atoms with Crippen molar-refractivity contribution in [2.45, 2.75) is 6.92 Å². The van der Waals surface area contributed by atoms with Gasteiger partial charge in [0.05, 0.1) is 16.7 Å². The van der Waals surface area contributed by atoms with Crippen LogP contribution in [0.2, 0.25) is 0 Å². The molecular formula is C20H15N3O. The summed E-state index contributed by atoms with van der Waals surface area (Å²) < 4.78 is 0. The molecule has 2 aromatic heterocycles. The Kier molecular flexibility index (Phi) is 3.43.